The van der Waals surface area contributed by atoms with Gasteiger partial charge in [-0.3, -0.25) is 0 Å². The maximum absolute atomic E-state index is 5.95. The van der Waals surface area contributed by atoms with Crippen LogP contribution < -0.4 is 4.74 Å². The molecule has 3 aromatic rings. The van der Waals surface area contributed by atoms with Gasteiger partial charge in [-0.15, -0.1) is 6.58 Å². The van der Waals surface area contributed by atoms with Gasteiger partial charge in [0, 0.05) is 17.0 Å². The third-order valence-corrected chi connectivity index (χ3v) is 3.62. The summed E-state index contributed by atoms with van der Waals surface area (Å²) in [4.78, 5) is 0. The van der Waals surface area contributed by atoms with E-state index in [0.29, 0.717) is 0 Å². The summed E-state index contributed by atoms with van der Waals surface area (Å²) < 4.78 is 11.7. The third kappa shape index (κ3) is 3.40. The Balaban J connectivity index is 1.72. The molecular formula is C20H20O2. The van der Waals surface area contributed by atoms with Gasteiger partial charge in [0.2, 0.25) is 0 Å². The van der Waals surface area contributed by atoms with Crippen LogP contribution in [-0.2, 0) is 0 Å². The van der Waals surface area contributed by atoms with Gasteiger partial charge in [0.25, 0.3) is 0 Å². The number of hydrogen-bond donors (Lipinski definition) is 0. The van der Waals surface area contributed by atoms with Gasteiger partial charge >= 0.3 is 0 Å². The summed E-state index contributed by atoms with van der Waals surface area (Å²) >= 11 is 0. The van der Waals surface area contributed by atoms with E-state index < -0.39 is 0 Å². The number of unbranched alkanes of at least 4 members (excludes halogenated alkanes) is 2. The molecule has 0 radical (unpaired) electrons. The number of hydrogen-bond acceptors (Lipinski definition) is 2. The summed E-state index contributed by atoms with van der Waals surface area (Å²) in [6, 6.07) is 18.2. The topological polar surface area (TPSA) is 22.4 Å². The van der Waals surface area contributed by atoms with E-state index in [0.717, 1.165) is 53.9 Å². The van der Waals surface area contributed by atoms with Crippen LogP contribution in [0, 0.1) is 0 Å². The molecule has 0 N–H and O–H groups in total. The molecule has 112 valence electrons. The molecule has 0 aliphatic heterocycles. The van der Waals surface area contributed by atoms with Crippen molar-refractivity contribution in [3.05, 3.63) is 67.3 Å². The van der Waals surface area contributed by atoms with Crippen molar-refractivity contribution in [2.24, 2.45) is 0 Å². The lowest BCUT2D eigenvalue weighted by Crippen LogP contribution is -1.96. The lowest BCUT2D eigenvalue weighted by atomic mass is 10.1. The molecular weight excluding hydrogens is 272 g/mol. The molecule has 1 aromatic heterocycles. The predicted molar refractivity (Wildman–Crippen MR) is 91.2 cm³/mol. The van der Waals surface area contributed by atoms with Crippen molar-refractivity contribution in [3.63, 3.8) is 0 Å². The van der Waals surface area contributed by atoms with Crippen molar-refractivity contribution < 1.29 is 9.15 Å². The smallest absolute Gasteiger partial charge is 0.138 e. The molecule has 3 rings (SSSR count). The van der Waals surface area contributed by atoms with E-state index in [-0.39, 0.29) is 0 Å². The Kier molecular flexibility index (Phi) is 4.59. The zero-order chi connectivity index (χ0) is 15.2. The van der Waals surface area contributed by atoms with Gasteiger partial charge in [-0.2, -0.15) is 0 Å². The summed E-state index contributed by atoms with van der Waals surface area (Å²) in [5.74, 6) is 1.75. The minimum absolute atomic E-state index is 0.728. The van der Waals surface area contributed by atoms with Crippen LogP contribution in [0.1, 0.15) is 19.3 Å². The second-order valence-electron chi connectivity index (χ2n) is 5.31. The van der Waals surface area contributed by atoms with E-state index in [2.05, 4.69) is 24.8 Å². The summed E-state index contributed by atoms with van der Waals surface area (Å²) in [6.07, 6.45) is 5.14. The average molecular weight is 292 g/mol. The van der Waals surface area contributed by atoms with Gasteiger partial charge in [0.05, 0.1) is 6.61 Å². The van der Waals surface area contributed by atoms with Crippen LogP contribution in [0.2, 0.25) is 0 Å². The van der Waals surface area contributed by atoms with Gasteiger partial charge < -0.3 is 9.15 Å². The molecule has 0 saturated carbocycles. The fraction of sp³-hybridized carbons (Fsp3) is 0.200. The fourth-order valence-electron chi connectivity index (χ4n) is 2.43. The predicted octanol–water partition coefficient (Wildman–Crippen LogP) is 5.83. The summed E-state index contributed by atoms with van der Waals surface area (Å²) in [5.41, 5.74) is 1.95. The van der Waals surface area contributed by atoms with E-state index in [1.807, 2.05) is 42.5 Å². The normalized spacial score (nSPS) is 10.7. The lowest BCUT2D eigenvalue weighted by molar-refractivity contribution is 0.307. The number of rotatable bonds is 7. The van der Waals surface area contributed by atoms with Crippen molar-refractivity contribution in [2.75, 3.05) is 6.61 Å². The Bertz CT molecular complexity index is 741. The monoisotopic (exact) mass is 292 g/mol. The second-order valence-corrected chi connectivity index (χ2v) is 5.31. The first-order valence-corrected chi connectivity index (χ1v) is 7.69. The van der Waals surface area contributed by atoms with Crippen LogP contribution in [0.15, 0.2) is 71.7 Å². The fourth-order valence-corrected chi connectivity index (χ4v) is 2.43. The molecule has 0 bridgehead atoms. The molecule has 0 spiro atoms. The summed E-state index contributed by atoms with van der Waals surface area (Å²) in [6.45, 7) is 4.45. The Morgan fingerprint density at radius 3 is 2.68 bits per heavy atom. The number of allylic oxidation sites excluding steroid dienone is 1. The molecule has 0 unspecified atom stereocenters. The molecule has 0 atom stereocenters. The molecule has 22 heavy (non-hydrogen) atoms. The maximum atomic E-state index is 5.95. The van der Waals surface area contributed by atoms with Crippen molar-refractivity contribution in [1.29, 1.82) is 0 Å². The van der Waals surface area contributed by atoms with Crippen LogP contribution in [0.3, 0.4) is 0 Å². The van der Waals surface area contributed by atoms with Gasteiger partial charge in [0.1, 0.15) is 17.1 Å². The molecule has 2 nitrogen and oxygen atoms in total. The van der Waals surface area contributed by atoms with Crippen molar-refractivity contribution in [3.8, 4) is 17.1 Å². The average Bonchev–Trinajstić information content (AvgIpc) is 2.99. The number of ether oxygens (including phenoxy) is 1. The molecule has 1 heterocycles. The minimum Gasteiger partial charge on any atom is -0.493 e. The Morgan fingerprint density at radius 1 is 1.00 bits per heavy atom. The van der Waals surface area contributed by atoms with E-state index in [4.69, 9.17) is 9.15 Å². The highest BCUT2D eigenvalue weighted by Gasteiger charge is 2.07. The van der Waals surface area contributed by atoms with Crippen LogP contribution >= 0.6 is 0 Å². The van der Waals surface area contributed by atoms with Crippen molar-refractivity contribution in [1.82, 2.24) is 0 Å². The second kappa shape index (κ2) is 6.99. The van der Waals surface area contributed by atoms with Crippen molar-refractivity contribution in [2.45, 2.75) is 19.3 Å². The number of fused-ring (bicyclic) bond motifs is 1. The minimum atomic E-state index is 0.728. The maximum Gasteiger partial charge on any atom is 0.138 e. The Hall–Kier alpha value is -2.48. The highest BCUT2D eigenvalue weighted by Crippen LogP contribution is 2.30. The molecule has 2 aromatic carbocycles. The van der Waals surface area contributed by atoms with Gasteiger partial charge in [-0.1, -0.05) is 36.4 Å². The van der Waals surface area contributed by atoms with E-state index in [1.54, 1.807) is 0 Å². The zero-order valence-corrected chi connectivity index (χ0v) is 12.6. The Labute approximate surface area is 131 Å². The summed E-state index contributed by atoms with van der Waals surface area (Å²) in [7, 11) is 0. The highest BCUT2D eigenvalue weighted by molar-refractivity contribution is 5.83. The highest BCUT2D eigenvalue weighted by atomic mass is 16.5. The first-order chi connectivity index (χ1) is 10.9. The largest absolute Gasteiger partial charge is 0.493 e. The first-order valence-electron chi connectivity index (χ1n) is 7.69. The summed E-state index contributed by atoms with van der Waals surface area (Å²) in [5, 5.41) is 1.10. The van der Waals surface area contributed by atoms with Crippen LogP contribution in [0.4, 0.5) is 0 Å². The van der Waals surface area contributed by atoms with Gasteiger partial charge in [0.15, 0.2) is 0 Å². The van der Waals surface area contributed by atoms with Crippen LogP contribution in [0.5, 0.6) is 5.75 Å². The molecule has 0 saturated heterocycles. The SMILES string of the molecule is C=CCCCCOc1ccc2cc(-c3ccccc3)oc2c1. The third-order valence-electron chi connectivity index (χ3n) is 3.62. The van der Waals surface area contributed by atoms with Crippen LogP contribution in [-0.4, -0.2) is 6.61 Å². The number of furan rings is 1. The number of benzene rings is 2. The lowest BCUT2D eigenvalue weighted by Gasteiger charge is -2.05. The molecule has 2 heteroatoms. The van der Waals surface area contributed by atoms with Crippen molar-refractivity contribution >= 4 is 11.0 Å². The quantitative estimate of drug-likeness (QED) is 0.403. The molecule has 0 aliphatic carbocycles. The van der Waals surface area contributed by atoms with E-state index >= 15 is 0 Å². The molecule has 0 amide bonds. The molecule has 0 fully saturated rings. The van der Waals surface area contributed by atoms with Crippen LogP contribution in [0.25, 0.3) is 22.3 Å². The van der Waals surface area contributed by atoms with E-state index in [9.17, 15) is 0 Å². The Morgan fingerprint density at radius 2 is 1.86 bits per heavy atom. The van der Waals surface area contributed by atoms with E-state index in [1.165, 1.54) is 0 Å². The first kappa shape index (κ1) is 14.5. The van der Waals surface area contributed by atoms with Gasteiger partial charge in [-0.25, -0.2) is 0 Å². The zero-order valence-electron chi connectivity index (χ0n) is 12.6. The molecule has 0 aliphatic rings. The standard InChI is InChI=1S/C20H20O2/c1-2-3-4-8-13-21-18-12-11-17-14-19(22-20(17)15-18)16-9-6-5-7-10-16/h2,5-7,9-12,14-15H,1,3-4,8,13H2. The van der Waals surface area contributed by atoms with Gasteiger partial charge in [-0.05, 0) is 37.5 Å².